The fourth-order valence-corrected chi connectivity index (χ4v) is 2.38. The van der Waals surface area contributed by atoms with Gasteiger partial charge >= 0.3 is 0 Å². The predicted molar refractivity (Wildman–Crippen MR) is 84.4 cm³/mol. The predicted octanol–water partition coefficient (Wildman–Crippen LogP) is 3.65. The molecular weight excluding hydrogens is 260 g/mol. The highest BCUT2D eigenvalue weighted by Gasteiger charge is 2.11. The van der Waals surface area contributed by atoms with Gasteiger partial charge in [-0.2, -0.15) is 5.10 Å². The van der Waals surface area contributed by atoms with Gasteiger partial charge in [0.05, 0.1) is 18.0 Å². The molecule has 3 heteroatoms. The van der Waals surface area contributed by atoms with Crippen LogP contribution < -0.4 is 0 Å². The monoisotopic (exact) mass is 278 g/mol. The second kappa shape index (κ2) is 5.54. The average molecular weight is 278 g/mol. The lowest BCUT2D eigenvalue weighted by Crippen LogP contribution is -1.95. The number of aliphatic hydroxyl groups excluding tert-OH is 1. The van der Waals surface area contributed by atoms with Crippen molar-refractivity contribution >= 4 is 0 Å². The molecule has 1 heterocycles. The van der Waals surface area contributed by atoms with Gasteiger partial charge in [-0.25, -0.2) is 4.68 Å². The van der Waals surface area contributed by atoms with E-state index in [9.17, 15) is 5.11 Å². The molecule has 0 bridgehead atoms. The van der Waals surface area contributed by atoms with Gasteiger partial charge in [-0.1, -0.05) is 42.0 Å². The summed E-state index contributed by atoms with van der Waals surface area (Å²) in [5.41, 5.74) is 6.09. The summed E-state index contributed by atoms with van der Waals surface area (Å²) >= 11 is 0. The zero-order valence-electron chi connectivity index (χ0n) is 12.2. The van der Waals surface area contributed by atoms with Crippen LogP contribution in [0.3, 0.4) is 0 Å². The van der Waals surface area contributed by atoms with Crippen molar-refractivity contribution in [3.8, 4) is 16.9 Å². The molecule has 0 fully saturated rings. The average Bonchev–Trinajstić information content (AvgIpc) is 2.92. The van der Waals surface area contributed by atoms with Crippen molar-refractivity contribution in [2.24, 2.45) is 0 Å². The number of aliphatic hydroxyl groups is 1. The molecule has 0 saturated carbocycles. The van der Waals surface area contributed by atoms with Crippen LogP contribution in [0.2, 0.25) is 0 Å². The number of rotatable bonds is 3. The first kappa shape index (κ1) is 13.6. The highest BCUT2D eigenvalue weighted by molar-refractivity contribution is 5.63. The largest absolute Gasteiger partial charge is 0.392 e. The number of nitrogens with zero attached hydrogens (tertiary/aromatic N) is 2. The lowest BCUT2D eigenvalue weighted by Gasteiger charge is -2.02. The third kappa shape index (κ3) is 2.73. The molecule has 1 aromatic heterocycles. The molecule has 3 nitrogen and oxygen atoms in total. The van der Waals surface area contributed by atoms with Gasteiger partial charge in [-0.3, -0.25) is 0 Å². The van der Waals surface area contributed by atoms with Gasteiger partial charge in [0.25, 0.3) is 0 Å². The Labute approximate surface area is 124 Å². The molecule has 3 rings (SSSR count). The Bertz CT molecular complexity index is 757. The molecule has 0 saturated heterocycles. The van der Waals surface area contributed by atoms with E-state index in [1.54, 1.807) is 0 Å². The molecule has 2 aromatic carbocycles. The van der Waals surface area contributed by atoms with Crippen LogP contribution in [0.1, 0.15) is 16.7 Å². The molecule has 106 valence electrons. The molecule has 0 spiro atoms. The van der Waals surface area contributed by atoms with E-state index in [0.29, 0.717) is 0 Å². The Balaban J connectivity index is 2.08. The zero-order chi connectivity index (χ0) is 14.8. The fraction of sp³-hybridized carbons (Fsp3) is 0.167. The maximum absolute atomic E-state index is 9.60. The smallest absolute Gasteiger partial charge is 0.0982 e. The maximum atomic E-state index is 9.60. The van der Waals surface area contributed by atoms with Gasteiger partial charge in [0, 0.05) is 17.3 Å². The van der Waals surface area contributed by atoms with E-state index in [1.807, 2.05) is 35.1 Å². The molecule has 0 aliphatic rings. The van der Waals surface area contributed by atoms with Crippen LogP contribution >= 0.6 is 0 Å². The van der Waals surface area contributed by atoms with Crippen LogP contribution in [0.5, 0.6) is 0 Å². The summed E-state index contributed by atoms with van der Waals surface area (Å²) in [5, 5.41) is 14.2. The van der Waals surface area contributed by atoms with Gasteiger partial charge < -0.3 is 5.11 Å². The van der Waals surface area contributed by atoms with Crippen LogP contribution in [-0.4, -0.2) is 14.9 Å². The van der Waals surface area contributed by atoms with E-state index in [2.05, 4.69) is 43.2 Å². The van der Waals surface area contributed by atoms with Gasteiger partial charge in [-0.15, -0.1) is 0 Å². The maximum Gasteiger partial charge on any atom is 0.0982 e. The minimum atomic E-state index is -0.0188. The van der Waals surface area contributed by atoms with Crippen molar-refractivity contribution in [2.75, 3.05) is 0 Å². The molecule has 0 amide bonds. The summed E-state index contributed by atoms with van der Waals surface area (Å²) in [6.45, 7) is 4.10. The van der Waals surface area contributed by atoms with Crippen LogP contribution in [0, 0.1) is 13.8 Å². The Kier molecular flexibility index (Phi) is 3.59. The molecule has 0 aliphatic heterocycles. The molecule has 0 aliphatic carbocycles. The first-order chi connectivity index (χ1) is 10.2. The topological polar surface area (TPSA) is 38.0 Å². The first-order valence-electron chi connectivity index (χ1n) is 7.01. The first-order valence-corrected chi connectivity index (χ1v) is 7.01. The van der Waals surface area contributed by atoms with Gasteiger partial charge in [0.1, 0.15) is 0 Å². The Morgan fingerprint density at radius 2 is 1.76 bits per heavy atom. The van der Waals surface area contributed by atoms with E-state index in [4.69, 9.17) is 0 Å². The van der Waals surface area contributed by atoms with Crippen LogP contribution in [0.25, 0.3) is 16.9 Å². The highest BCUT2D eigenvalue weighted by atomic mass is 16.3. The lowest BCUT2D eigenvalue weighted by atomic mass is 10.1. The number of benzene rings is 2. The molecule has 0 radical (unpaired) electrons. The quantitative estimate of drug-likeness (QED) is 0.794. The van der Waals surface area contributed by atoms with E-state index in [0.717, 1.165) is 22.5 Å². The zero-order valence-corrected chi connectivity index (χ0v) is 12.2. The van der Waals surface area contributed by atoms with Crippen molar-refractivity contribution in [1.29, 1.82) is 0 Å². The van der Waals surface area contributed by atoms with E-state index >= 15 is 0 Å². The number of aromatic nitrogens is 2. The highest BCUT2D eigenvalue weighted by Crippen LogP contribution is 2.24. The van der Waals surface area contributed by atoms with Crippen LogP contribution in [0.4, 0.5) is 0 Å². The molecule has 0 unspecified atom stereocenters. The minimum Gasteiger partial charge on any atom is -0.392 e. The Hall–Kier alpha value is -2.39. The summed E-state index contributed by atoms with van der Waals surface area (Å²) in [5.74, 6) is 0. The summed E-state index contributed by atoms with van der Waals surface area (Å²) in [4.78, 5) is 0. The van der Waals surface area contributed by atoms with Gasteiger partial charge in [0.15, 0.2) is 0 Å². The second-order valence-corrected chi connectivity index (χ2v) is 5.31. The van der Waals surface area contributed by atoms with E-state index < -0.39 is 0 Å². The van der Waals surface area contributed by atoms with Crippen LogP contribution in [0.15, 0.2) is 54.7 Å². The summed E-state index contributed by atoms with van der Waals surface area (Å²) < 4.78 is 1.83. The molecule has 21 heavy (non-hydrogen) atoms. The van der Waals surface area contributed by atoms with E-state index in [1.165, 1.54) is 11.1 Å². The normalized spacial score (nSPS) is 10.8. The number of hydrogen-bond donors (Lipinski definition) is 1. The SMILES string of the molecule is Cc1ccc(-c2nn(-c3cccc(C)c3)cc2CO)cc1. The van der Waals surface area contributed by atoms with Crippen molar-refractivity contribution in [3.05, 3.63) is 71.4 Å². The Morgan fingerprint density at radius 3 is 2.43 bits per heavy atom. The molecule has 0 atom stereocenters. The van der Waals surface area contributed by atoms with Crippen molar-refractivity contribution in [3.63, 3.8) is 0 Å². The molecular formula is C18H18N2O. The summed E-state index contributed by atoms with van der Waals surface area (Å²) in [6, 6.07) is 16.4. The number of aryl methyl sites for hydroxylation is 2. The fourth-order valence-electron chi connectivity index (χ4n) is 2.38. The van der Waals surface area contributed by atoms with Crippen LogP contribution in [-0.2, 0) is 6.61 Å². The molecule has 3 aromatic rings. The Morgan fingerprint density at radius 1 is 1.00 bits per heavy atom. The second-order valence-electron chi connectivity index (χ2n) is 5.31. The third-order valence-electron chi connectivity index (χ3n) is 3.55. The summed E-state index contributed by atoms with van der Waals surface area (Å²) in [6.07, 6.45) is 1.89. The third-order valence-corrected chi connectivity index (χ3v) is 3.55. The lowest BCUT2D eigenvalue weighted by molar-refractivity contribution is 0.282. The minimum absolute atomic E-state index is 0.0188. The standard InChI is InChI=1S/C18H18N2O/c1-13-6-8-15(9-7-13)18-16(12-21)11-20(19-18)17-5-3-4-14(2)10-17/h3-11,21H,12H2,1-2H3. The van der Waals surface area contributed by atoms with Crippen molar-refractivity contribution in [1.82, 2.24) is 9.78 Å². The van der Waals surface area contributed by atoms with Crippen molar-refractivity contribution < 1.29 is 5.11 Å². The summed E-state index contributed by atoms with van der Waals surface area (Å²) in [7, 11) is 0. The van der Waals surface area contributed by atoms with Gasteiger partial charge in [0.2, 0.25) is 0 Å². The van der Waals surface area contributed by atoms with Gasteiger partial charge in [-0.05, 0) is 31.5 Å². The van der Waals surface area contributed by atoms with Crippen molar-refractivity contribution in [2.45, 2.75) is 20.5 Å². The van der Waals surface area contributed by atoms with E-state index in [-0.39, 0.29) is 6.61 Å². The number of hydrogen-bond acceptors (Lipinski definition) is 2. The molecule has 1 N–H and O–H groups in total.